The van der Waals surface area contributed by atoms with Crippen LogP contribution in [0.1, 0.15) is 25.3 Å². The molecular weight excluding hydrogens is 256 g/mol. The first-order valence-electron chi connectivity index (χ1n) is 6.60. The molecule has 0 unspecified atom stereocenters. The molecule has 0 radical (unpaired) electrons. The quantitative estimate of drug-likeness (QED) is 0.752. The number of hydrogen-bond donors (Lipinski definition) is 2. The summed E-state index contributed by atoms with van der Waals surface area (Å²) < 4.78 is 0. The van der Waals surface area contributed by atoms with Crippen molar-refractivity contribution in [3.63, 3.8) is 0 Å². The number of aryl methyl sites for hydroxylation is 1. The summed E-state index contributed by atoms with van der Waals surface area (Å²) in [5.74, 6) is 0. The summed E-state index contributed by atoms with van der Waals surface area (Å²) in [5, 5.41) is 3.93. The minimum Gasteiger partial charge on any atom is -0.399 e. The second kappa shape index (κ2) is 6.48. The van der Waals surface area contributed by atoms with E-state index in [1.165, 1.54) is 18.4 Å². The zero-order chi connectivity index (χ0) is 13.7. The molecule has 2 aromatic rings. The lowest BCUT2D eigenvalue weighted by Gasteiger charge is -2.09. The standard InChI is InChI=1S/C16H19ClN2/c1-2-3-4-12-5-8-14(9-6-12)19-16-10-7-13(18)11-15(16)17/h5-11,19H,2-4,18H2,1H3. The number of rotatable bonds is 5. The molecule has 0 aliphatic rings. The fourth-order valence-electron chi connectivity index (χ4n) is 1.92. The first-order chi connectivity index (χ1) is 9.19. The van der Waals surface area contributed by atoms with E-state index in [2.05, 4.69) is 36.5 Å². The molecule has 2 nitrogen and oxygen atoms in total. The largest absolute Gasteiger partial charge is 0.399 e. The zero-order valence-electron chi connectivity index (χ0n) is 11.1. The van der Waals surface area contributed by atoms with Gasteiger partial charge in [0, 0.05) is 11.4 Å². The summed E-state index contributed by atoms with van der Waals surface area (Å²) in [5.41, 5.74) is 9.62. The lowest BCUT2D eigenvalue weighted by molar-refractivity contribution is 0.795. The van der Waals surface area contributed by atoms with Crippen LogP contribution < -0.4 is 11.1 Å². The Kier molecular flexibility index (Phi) is 4.69. The molecule has 2 rings (SSSR count). The average molecular weight is 275 g/mol. The molecule has 0 fully saturated rings. The molecular formula is C16H19ClN2. The van der Waals surface area contributed by atoms with E-state index in [1.54, 1.807) is 6.07 Å². The van der Waals surface area contributed by atoms with Crippen LogP contribution in [0, 0.1) is 0 Å². The topological polar surface area (TPSA) is 38.0 Å². The van der Waals surface area contributed by atoms with Crippen molar-refractivity contribution in [2.75, 3.05) is 11.1 Å². The van der Waals surface area contributed by atoms with Crippen molar-refractivity contribution in [2.24, 2.45) is 0 Å². The Balaban J connectivity index is 2.06. The molecule has 0 spiro atoms. The van der Waals surface area contributed by atoms with E-state index < -0.39 is 0 Å². The summed E-state index contributed by atoms with van der Waals surface area (Å²) in [4.78, 5) is 0. The first-order valence-corrected chi connectivity index (χ1v) is 6.98. The third-order valence-electron chi connectivity index (χ3n) is 3.05. The molecule has 0 amide bonds. The van der Waals surface area contributed by atoms with Gasteiger partial charge in [0.05, 0.1) is 10.7 Å². The molecule has 0 aliphatic carbocycles. The van der Waals surface area contributed by atoms with Gasteiger partial charge in [0.25, 0.3) is 0 Å². The fourth-order valence-corrected chi connectivity index (χ4v) is 2.16. The van der Waals surface area contributed by atoms with Gasteiger partial charge in [0.2, 0.25) is 0 Å². The van der Waals surface area contributed by atoms with Crippen LogP contribution in [0.4, 0.5) is 17.1 Å². The Morgan fingerprint density at radius 2 is 1.84 bits per heavy atom. The number of unbranched alkanes of at least 4 members (excludes halogenated alkanes) is 1. The van der Waals surface area contributed by atoms with Gasteiger partial charge in [-0.15, -0.1) is 0 Å². The SMILES string of the molecule is CCCCc1ccc(Nc2ccc(N)cc2Cl)cc1. The fraction of sp³-hybridized carbons (Fsp3) is 0.250. The van der Waals surface area contributed by atoms with Crippen molar-refractivity contribution in [3.05, 3.63) is 53.1 Å². The second-order valence-electron chi connectivity index (χ2n) is 4.66. The van der Waals surface area contributed by atoms with Gasteiger partial charge in [0.1, 0.15) is 0 Å². The molecule has 100 valence electrons. The highest BCUT2D eigenvalue weighted by atomic mass is 35.5. The van der Waals surface area contributed by atoms with Gasteiger partial charge in [-0.1, -0.05) is 37.1 Å². The van der Waals surface area contributed by atoms with Crippen molar-refractivity contribution < 1.29 is 0 Å². The van der Waals surface area contributed by atoms with Crippen LogP contribution >= 0.6 is 11.6 Å². The van der Waals surface area contributed by atoms with E-state index in [0.29, 0.717) is 10.7 Å². The highest BCUT2D eigenvalue weighted by molar-refractivity contribution is 6.33. The number of hydrogen-bond acceptors (Lipinski definition) is 2. The van der Waals surface area contributed by atoms with E-state index in [-0.39, 0.29) is 0 Å². The van der Waals surface area contributed by atoms with Gasteiger partial charge in [-0.25, -0.2) is 0 Å². The molecule has 0 heterocycles. The van der Waals surface area contributed by atoms with Crippen LogP contribution in [0.3, 0.4) is 0 Å². The van der Waals surface area contributed by atoms with Crippen molar-refractivity contribution >= 4 is 28.7 Å². The van der Waals surface area contributed by atoms with Gasteiger partial charge in [-0.3, -0.25) is 0 Å². The van der Waals surface area contributed by atoms with E-state index in [1.807, 2.05) is 12.1 Å². The van der Waals surface area contributed by atoms with Crippen LogP contribution in [0.2, 0.25) is 5.02 Å². The van der Waals surface area contributed by atoms with Gasteiger partial charge in [-0.2, -0.15) is 0 Å². The summed E-state index contributed by atoms with van der Waals surface area (Å²) in [6.07, 6.45) is 3.59. The van der Waals surface area contributed by atoms with Gasteiger partial charge < -0.3 is 11.1 Å². The normalized spacial score (nSPS) is 10.4. The molecule has 0 bridgehead atoms. The van der Waals surface area contributed by atoms with Crippen LogP contribution in [0.15, 0.2) is 42.5 Å². The molecule has 0 aromatic heterocycles. The monoisotopic (exact) mass is 274 g/mol. The number of anilines is 3. The van der Waals surface area contributed by atoms with Gasteiger partial charge in [0.15, 0.2) is 0 Å². The van der Waals surface area contributed by atoms with E-state index in [0.717, 1.165) is 17.8 Å². The molecule has 0 aliphatic heterocycles. The van der Waals surface area contributed by atoms with Gasteiger partial charge >= 0.3 is 0 Å². The molecule has 0 saturated carbocycles. The predicted octanol–water partition coefficient (Wildman–Crippen LogP) is 5.01. The highest BCUT2D eigenvalue weighted by Gasteiger charge is 2.01. The summed E-state index contributed by atoms with van der Waals surface area (Å²) in [6.45, 7) is 2.21. The Morgan fingerprint density at radius 1 is 1.11 bits per heavy atom. The Labute approximate surface area is 119 Å². The third kappa shape index (κ3) is 3.90. The van der Waals surface area contributed by atoms with Crippen LogP contribution in [-0.2, 0) is 6.42 Å². The van der Waals surface area contributed by atoms with Gasteiger partial charge in [-0.05, 0) is 48.7 Å². The van der Waals surface area contributed by atoms with Crippen molar-refractivity contribution in [1.82, 2.24) is 0 Å². The lowest BCUT2D eigenvalue weighted by Crippen LogP contribution is -1.93. The molecule has 3 heteroatoms. The Hall–Kier alpha value is -1.67. The average Bonchev–Trinajstić information content (AvgIpc) is 2.41. The van der Waals surface area contributed by atoms with E-state index in [9.17, 15) is 0 Å². The smallest absolute Gasteiger partial charge is 0.0661 e. The molecule has 0 atom stereocenters. The maximum Gasteiger partial charge on any atom is 0.0661 e. The summed E-state index contributed by atoms with van der Waals surface area (Å²) in [6, 6.07) is 14.0. The maximum atomic E-state index is 6.14. The number of nitrogen functional groups attached to an aromatic ring is 1. The highest BCUT2D eigenvalue weighted by Crippen LogP contribution is 2.27. The predicted molar refractivity (Wildman–Crippen MR) is 84.2 cm³/mol. The number of benzene rings is 2. The van der Waals surface area contributed by atoms with Crippen molar-refractivity contribution in [1.29, 1.82) is 0 Å². The van der Waals surface area contributed by atoms with Crippen LogP contribution in [0.25, 0.3) is 0 Å². The zero-order valence-corrected chi connectivity index (χ0v) is 11.9. The lowest BCUT2D eigenvalue weighted by atomic mass is 10.1. The molecule has 0 saturated heterocycles. The Morgan fingerprint density at radius 3 is 2.47 bits per heavy atom. The minimum atomic E-state index is 0.634. The Bertz CT molecular complexity index is 535. The second-order valence-corrected chi connectivity index (χ2v) is 5.07. The number of nitrogens with two attached hydrogens (primary N) is 1. The number of halogens is 1. The van der Waals surface area contributed by atoms with Crippen molar-refractivity contribution in [3.8, 4) is 0 Å². The summed E-state index contributed by atoms with van der Waals surface area (Å²) >= 11 is 6.14. The number of nitrogens with one attached hydrogen (secondary N) is 1. The van der Waals surface area contributed by atoms with Crippen LogP contribution in [-0.4, -0.2) is 0 Å². The molecule has 19 heavy (non-hydrogen) atoms. The van der Waals surface area contributed by atoms with E-state index in [4.69, 9.17) is 17.3 Å². The molecule has 3 N–H and O–H groups in total. The van der Waals surface area contributed by atoms with Crippen LogP contribution in [0.5, 0.6) is 0 Å². The third-order valence-corrected chi connectivity index (χ3v) is 3.36. The van der Waals surface area contributed by atoms with Crippen molar-refractivity contribution in [2.45, 2.75) is 26.2 Å². The minimum absolute atomic E-state index is 0.634. The molecule has 2 aromatic carbocycles. The maximum absolute atomic E-state index is 6.14. The first kappa shape index (κ1) is 13.8. The summed E-state index contributed by atoms with van der Waals surface area (Å²) in [7, 11) is 0. The van der Waals surface area contributed by atoms with E-state index >= 15 is 0 Å².